The molecule has 0 saturated carbocycles. The molecule has 1 aromatic carbocycles. The lowest BCUT2D eigenvalue weighted by Crippen LogP contribution is -2.13. The third-order valence-electron chi connectivity index (χ3n) is 2.36. The quantitative estimate of drug-likeness (QED) is 0.841. The van der Waals surface area contributed by atoms with Gasteiger partial charge in [0.25, 0.3) is 0 Å². The lowest BCUT2D eigenvalue weighted by molar-refractivity contribution is 1.06. The molecule has 90 valence electrons. The van der Waals surface area contributed by atoms with E-state index in [0.29, 0.717) is 5.82 Å². The zero-order valence-corrected chi connectivity index (χ0v) is 10.1. The predicted molar refractivity (Wildman–Crippen MR) is 68.8 cm³/mol. The highest BCUT2D eigenvalue weighted by Crippen LogP contribution is 2.17. The average molecular weight is 240 g/mol. The fraction of sp³-hybridized carbons (Fsp3) is 0.154. The lowest BCUT2D eigenvalue weighted by atomic mass is 10.1. The largest absolute Gasteiger partial charge is 0.347 e. The van der Waals surface area contributed by atoms with E-state index in [1.54, 1.807) is 0 Å². The maximum absolute atomic E-state index is 11.2. The molecule has 2 aromatic rings. The van der Waals surface area contributed by atoms with Crippen molar-refractivity contribution < 1.29 is 0 Å². The van der Waals surface area contributed by atoms with Crippen molar-refractivity contribution >= 4 is 11.5 Å². The second kappa shape index (κ2) is 4.72. The molecule has 2 rings (SSSR count). The number of aromatic nitrogens is 2. The molecule has 5 nitrogen and oxygen atoms in total. The van der Waals surface area contributed by atoms with Gasteiger partial charge in [-0.15, -0.1) is 0 Å². The number of nitrogens with zero attached hydrogens (tertiary/aromatic N) is 2. The van der Waals surface area contributed by atoms with Crippen LogP contribution in [0.2, 0.25) is 0 Å². The average Bonchev–Trinajstić information content (AvgIpc) is 2.26. The first-order chi connectivity index (χ1) is 8.56. The van der Waals surface area contributed by atoms with Gasteiger partial charge >= 0.3 is 5.69 Å². The second-order valence-electron chi connectivity index (χ2n) is 4.10. The molecule has 0 atom stereocenters. The van der Waals surface area contributed by atoms with E-state index in [1.807, 2.05) is 32.0 Å². The summed E-state index contributed by atoms with van der Waals surface area (Å²) in [6.45, 7) is 3.98. The summed E-state index contributed by atoms with van der Waals surface area (Å²) in [6.07, 6.45) is 0. The molecule has 2 N–H and O–H groups in total. The van der Waals surface area contributed by atoms with Crippen molar-refractivity contribution in [2.75, 3.05) is 5.32 Å². The Labute approximate surface area is 104 Å². The molecule has 0 fully saturated rings. The van der Waals surface area contributed by atoms with E-state index in [4.69, 9.17) is 5.26 Å². The van der Waals surface area contributed by atoms with Crippen LogP contribution in [0.4, 0.5) is 11.5 Å². The molecule has 1 aromatic heterocycles. The number of hydrogen-bond acceptors (Lipinski definition) is 4. The Bertz CT molecular complexity index is 662. The van der Waals surface area contributed by atoms with E-state index in [2.05, 4.69) is 21.4 Å². The predicted octanol–water partition coefficient (Wildman–Crippen LogP) is 2.00. The Morgan fingerprint density at radius 3 is 2.50 bits per heavy atom. The molecule has 5 heteroatoms. The van der Waals surface area contributed by atoms with Gasteiger partial charge in [0.05, 0.1) is 0 Å². The van der Waals surface area contributed by atoms with E-state index in [1.165, 1.54) is 6.07 Å². The zero-order chi connectivity index (χ0) is 13.1. The highest BCUT2D eigenvalue weighted by molar-refractivity contribution is 5.58. The molecular weight excluding hydrogens is 228 g/mol. The van der Waals surface area contributed by atoms with Crippen molar-refractivity contribution in [3.63, 3.8) is 0 Å². The van der Waals surface area contributed by atoms with Gasteiger partial charge in [-0.25, -0.2) is 4.79 Å². The molecule has 0 saturated heterocycles. The summed E-state index contributed by atoms with van der Waals surface area (Å²) in [5, 5.41) is 11.8. The summed E-state index contributed by atoms with van der Waals surface area (Å²) in [4.78, 5) is 17.3. The minimum Gasteiger partial charge on any atom is -0.340 e. The molecule has 0 unspecified atom stereocenters. The van der Waals surface area contributed by atoms with Crippen molar-refractivity contribution in [1.29, 1.82) is 5.26 Å². The van der Waals surface area contributed by atoms with E-state index < -0.39 is 5.69 Å². The maximum atomic E-state index is 11.2. The first-order valence-electron chi connectivity index (χ1n) is 5.43. The van der Waals surface area contributed by atoms with Gasteiger partial charge in [0.15, 0.2) is 0 Å². The summed E-state index contributed by atoms with van der Waals surface area (Å²) in [5.41, 5.74) is 2.71. The smallest absolute Gasteiger partial charge is 0.340 e. The van der Waals surface area contributed by atoms with Crippen LogP contribution in [0.3, 0.4) is 0 Å². The van der Waals surface area contributed by atoms with Crippen LogP contribution in [0, 0.1) is 25.2 Å². The lowest BCUT2D eigenvalue weighted by Gasteiger charge is -2.07. The van der Waals surface area contributed by atoms with E-state index in [-0.39, 0.29) is 5.69 Å². The second-order valence-corrected chi connectivity index (χ2v) is 4.10. The molecule has 0 radical (unpaired) electrons. The molecular formula is C13H12N4O. The summed E-state index contributed by atoms with van der Waals surface area (Å²) in [6, 6.07) is 9.33. The normalized spacial score (nSPS) is 9.83. The Morgan fingerprint density at radius 2 is 1.89 bits per heavy atom. The van der Waals surface area contributed by atoms with Gasteiger partial charge in [0.1, 0.15) is 17.6 Å². The summed E-state index contributed by atoms with van der Waals surface area (Å²) in [7, 11) is 0. The Hall–Kier alpha value is -2.61. The van der Waals surface area contributed by atoms with Gasteiger partial charge in [-0.1, -0.05) is 6.07 Å². The van der Waals surface area contributed by atoms with Crippen LogP contribution < -0.4 is 11.0 Å². The number of aryl methyl sites for hydroxylation is 2. The summed E-state index contributed by atoms with van der Waals surface area (Å²) >= 11 is 0. The molecule has 0 aliphatic heterocycles. The fourth-order valence-corrected chi connectivity index (χ4v) is 1.78. The van der Waals surface area contributed by atoms with Crippen LogP contribution in [0.25, 0.3) is 0 Å². The number of aromatic amines is 1. The number of hydrogen-bond donors (Lipinski definition) is 2. The third-order valence-corrected chi connectivity index (χ3v) is 2.36. The number of rotatable bonds is 2. The van der Waals surface area contributed by atoms with Crippen LogP contribution in [0.5, 0.6) is 0 Å². The number of nitrogens with one attached hydrogen (secondary N) is 2. The Balaban J connectivity index is 2.37. The fourth-order valence-electron chi connectivity index (χ4n) is 1.78. The van der Waals surface area contributed by atoms with E-state index in [9.17, 15) is 4.79 Å². The molecule has 0 aliphatic rings. The minimum absolute atomic E-state index is 0.182. The number of nitriles is 1. The van der Waals surface area contributed by atoms with Crippen LogP contribution in [0.1, 0.15) is 16.8 Å². The van der Waals surface area contributed by atoms with Gasteiger partial charge < -0.3 is 5.32 Å². The summed E-state index contributed by atoms with van der Waals surface area (Å²) in [5.74, 6) is 0.361. The highest BCUT2D eigenvalue weighted by atomic mass is 16.1. The van der Waals surface area contributed by atoms with Gasteiger partial charge in [0.2, 0.25) is 0 Å². The van der Waals surface area contributed by atoms with Crippen LogP contribution >= 0.6 is 0 Å². The minimum atomic E-state index is -0.541. The van der Waals surface area contributed by atoms with Gasteiger partial charge in [0, 0.05) is 11.8 Å². The number of benzene rings is 1. The first kappa shape index (κ1) is 11.9. The molecule has 1 heterocycles. The van der Waals surface area contributed by atoms with E-state index in [0.717, 1.165) is 16.8 Å². The highest BCUT2D eigenvalue weighted by Gasteiger charge is 2.02. The molecule has 0 bridgehead atoms. The van der Waals surface area contributed by atoms with Gasteiger partial charge in [-0.3, -0.25) is 4.98 Å². The van der Waals surface area contributed by atoms with Crippen molar-refractivity contribution in [2.45, 2.75) is 13.8 Å². The monoisotopic (exact) mass is 240 g/mol. The van der Waals surface area contributed by atoms with Crippen LogP contribution in [-0.4, -0.2) is 9.97 Å². The Kier molecular flexibility index (Phi) is 3.11. The third kappa shape index (κ3) is 2.74. The summed E-state index contributed by atoms with van der Waals surface area (Å²) < 4.78 is 0. The zero-order valence-electron chi connectivity index (χ0n) is 10.1. The number of anilines is 2. The van der Waals surface area contributed by atoms with E-state index >= 15 is 0 Å². The molecule has 18 heavy (non-hydrogen) atoms. The van der Waals surface area contributed by atoms with Crippen molar-refractivity contribution in [3.05, 3.63) is 51.6 Å². The molecule has 0 spiro atoms. The van der Waals surface area contributed by atoms with Crippen LogP contribution in [0.15, 0.2) is 29.1 Å². The van der Waals surface area contributed by atoms with Crippen molar-refractivity contribution in [1.82, 2.24) is 9.97 Å². The van der Waals surface area contributed by atoms with Gasteiger partial charge in [-0.2, -0.15) is 10.2 Å². The van der Waals surface area contributed by atoms with Crippen molar-refractivity contribution in [3.8, 4) is 6.07 Å². The van der Waals surface area contributed by atoms with Crippen LogP contribution in [-0.2, 0) is 0 Å². The standard InChI is InChI=1S/C13H12N4O/c1-8-3-9(2)5-10(4-8)15-12-6-11(7-14)16-13(18)17-12/h3-6H,1-2H3,(H2,15,16,17,18). The molecule has 0 amide bonds. The Morgan fingerprint density at radius 1 is 1.22 bits per heavy atom. The first-order valence-corrected chi connectivity index (χ1v) is 5.43. The van der Waals surface area contributed by atoms with Crippen molar-refractivity contribution in [2.24, 2.45) is 0 Å². The number of H-pyrrole nitrogens is 1. The topological polar surface area (TPSA) is 81.6 Å². The molecule has 0 aliphatic carbocycles. The van der Waals surface area contributed by atoms with Gasteiger partial charge in [-0.05, 0) is 37.1 Å². The maximum Gasteiger partial charge on any atom is 0.347 e. The SMILES string of the molecule is Cc1cc(C)cc(Nc2cc(C#N)[nH]c(=O)n2)c1.